The van der Waals surface area contributed by atoms with Gasteiger partial charge in [-0.15, -0.1) is 0 Å². The number of nitrogens with zero attached hydrogens (tertiary/aromatic N) is 2. The molecule has 0 bridgehead atoms. The second-order valence-corrected chi connectivity index (χ2v) is 9.75. The fraction of sp³-hybridized carbons (Fsp3) is 0.481. The molecule has 5 nitrogen and oxygen atoms in total. The second kappa shape index (κ2) is 11.2. The molecule has 2 atom stereocenters. The molecule has 4 rings (SSSR count). The van der Waals surface area contributed by atoms with Gasteiger partial charge in [-0.3, -0.25) is 9.69 Å². The minimum atomic E-state index is -0.989. The van der Waals surface area contributed by atoms with Crippen molar-refractivity contribution in [1.29, 1.82) is 0 Å². The summed E-state index contributed by atoms with van der Waals surface area (Å²) in [4.78, 5) is 29.1. The lowest BCUT2D eigenvalue weighted by atomic mass is 9.88. The number of nitrogens with one attached hydrogen (secondary N) is 1. The maximum absolute atomic E-state index is 13.8. The van der Waals surface area contributed by atoms with Gasteiger partial charge in [0, 0.05) is 13.0 Å². The van der Waals surface area contributed by atoms with E-state index in [4.69, 9.17) is 0 Å². The number of imide groups is 1. The highest BCUT2D eigenvalue weighted by Gasteiger charge is 2.37. The Hall–Kier alpha value is -2.87. The zero-order valence-corrected chi connectivity index (χ0v) is 20.0. The molecule has 2 heterocycles. The third-order valence-electron chi connectivity index (χ3n) is 7.13. The van der Waals surface area contributed by atoms with Gasteiger partial charge >= 0.3 is 6.03 Å². The smallest absolute Gasteiger partial charge is 0.324 e. The molecular formula is C27H32F3N3O2. The molecule has 0 spiro atoms. The maximum Gasteiger partial charge on any atom is 0.324 e. The van der Waals surface area contributed by atoms with E-state index in [0.717, 1.165) is 51.0 Å². The van der Waals surface area contributed by atoms with Crippen molar-refractivity contribution >= 4 is 11.9 Å². The maximum atomic E-state index is 13.8. The number of hydrogen-bond acceptors (Lipinski definition) is 3. The Kier molecular flexibility index (Phi) is 8.11. The van der Waals surface area contributed by atoms with E-state index in [-0.39, 0.29) is 24.1 Å². The van der Waals surface area contributed by atoms with Crippen LogP contribution in [0.3, 0.4) is 0 Å². The highest BCUT2D eigenvalue weighted by molar-refractivity contribution is 5.95. The van der Waals surface area contributed by atoms with E-state index in [0.29, 0.717) is 24.4 Å². The molecule has 8 heteroatoms. The van der Waals surface area contributed by atoms with E-state index in [1.54, 1.807) is 0 Å². The first kappa shape index (κ1) is 25.2. The van der Waals surface area contributed by atoms with Gasteiger partial charge in [0.1, 0.15) is 5.82 Å². The summed E-state index contributed by atoms with van der Waals surface area (Å²) in [6.45, 7) is 5.04. The number of carbonyl (C=O) groups excluding carboxylic acids is 2. The van der Waals surface area contributed by atoms with Crippen molar-refractivity contribution < 1.29 is 22.8 Å². The zero-order valence-electron chi connectivity index (χ0n) is 20.0. The van der Waals surface area contributed by atoms with Gasteiger partial charge in [0.25, 0.3) is 0 Å². The van der Waals surface area contributed by atoms with Gasteiger partial charge in [-0.05, 0) is 92.5 Å². The Morgan fingerprint density at radius 2 is 1.69 bits per heavy atom. The minimum Gasteiger partial charge on any atom is -0.338 e. The van der Waals surface area contributed by atoms with E-state index in [1.165, 1.54) is 28.7 Å². The topological polar surface area (TPSA) is 52.7 Å². The van der Waals surface area contributed by atoms with Gasteiger partial charge < -0.3 is 10.2 Å². The van der Waals surface area contributed by atoms with E-state index < -0.39 is 23.7 Å². The molecule has 3 amide bonds. The molecule has 0 aromatic heterocycles. The summed E-state index contributed by atoms with van der Waals surface area (Å²) in [6, 6.07) is 9.17. The minimum absolute atomic E-state index is 0.0440. The number of hydrogen-bond donors (Lipinski definition) is 1. The SMILES string of the molecule is C[C@H]1CC(=O)N(C(=O)NCCCN2CCC(c3ccc(F)cc3)CC2)[C@H](c2ccc(F)c(F)c2)C1. The van der Waals surface area contributed by atoms with Gasteiger partial charge in [0.05, 0.1) is 6.04 Å². The Bertz CT molecular complexity index is 1040. The van der Waals surface area contributed by atoms with Crippen LogP contribution in [0.1, 0.15) is 62.1 Å². The molecule has 2 aliphatic heterocycles. The molecule has 0 saturated carbocycles. The van der Waals surface area contributed by atoms with Crippen LogP contribution in [0.5, 0.6) is 0 Å². The summed E-state index contributed by atoms with van der Waals surface area (Å²) >= 11 is 0. The van der Waals surface area contributed by atoms with Crippen LogP contribution in [0.4, 0.5) is 18.0 Å². The average molecular weight is 488 g/mol. The summed E-state index contributed by atoms with van der Waals surface area (Å²) in [5.74, 6) is -1.99. The first-order chi connectivity index (χ1) is 16.8. The Morgan fingerprint density at radius 3 is 2.37 bits per heavy atom. The molecule has 2 aromatic rings. The lowest BCUT2D eigenvalue weighted by Gasteiger charge is -2.37. The molecule has 1 N–H and O–H groups in total. The first-order valence-electron chi connectivity index (χ1n) is 12.3. The summed E-state index contributed by atoms with van der Waals surface area (Å²) in [7, 11) is 0. The summed E-state index contributed by atoms with van der Waals surface area (Å²) in [5, 5.41) is 2.84. The van der Waals surface area contributed by atoms with E-state index in [1.807, 2.05) is 19.1 Å². The number of rotatable bonds is 6. The number of amides is 3. The van der Waals surface area contributed by atoms with Crippen LogP contribution in [0.2, 0.25) is 0 Å². The second-order valence-electron chi connectivity index (χ2n) is 9.75. The van der Waals surface area contributed by atoms with Crippen molar-refractivity contribution in [2.45, 2.75) is 51.0 Å². The van der Waals surface area contributed by atoms with Gasteiger partial charge in [0.15, 0.2) is 11.6 Å². The number of urea groups is 1. The predicted molar refractivity (Wildman–Crippen MR) is 127 cm³/mol. The zero-order chi connectivity index (χ0) is 24.9. The van der Waals surface area contributed by atoms with Gasteiger partial charge in [-0.2, -0.15) is 0 Å². The molecule has 2 fully saturated rings. The van der Waals surface area contributed by atoms with Crippen LogP contribution in [0.15, 0.2) is 42.5 Å². The standard InChI is InChI=1S/C27H32F3N3O2/c1-18-15-25(21-5-8-23(29)24(30)17-21)33(26(34)16-18)27(35)31-11-2-12-32-13-9-20(10-14-32)19-3-6-22(28)7-4-19/h3-8,17-18,20,25H,2,9-16H2,1H3,(H,31,35)/t18-,25+/m1/s1. The van der Waals surface area contributed by atoms with Gasteiger partial charge in [-0.25, -0.2) is 18.0 Å². The normalized spacial score (nSPS) is 21.8. The molecule has 2 saturated heterocycles. The van der Waals surface area contributed by atoms with Crippen molar-refractivity contribution in [1.82, 2.24) is 15.1 Å². The third-order valence-corrected chi connectivity index (χ3v) is 7.13. The molecule has 0 radical (unpaired) electrons. The number of piperidine rings is 2. The van der Waals surface area contributed by atoms with Crippen LogP contribution in [-0.4, -0.2) is 47.9 Å². The molecular weight excluding hydrogens is 455 g/mol. The van der Waals surface area contributed by atoms with Crippen LogP contribution >= 0.6 is 0 Å². The van der Waals surface area contributed by atoms with Crippen molar-refractivity contribution in [3.05, 3.63) is 71.0 Å². The number of benzene rings is 2. The summed E-state index contributed by atoms with van der Waals surface area (Å²) in [6.07, 6.45) is 3.51. The summed E-state index contributed by atoms with van der Waals surface area (Å²) in [5.41, 5.74) is 1.59. The number of carbonyl (C=O) groups is 2. The average Bonchev–Trinajstić information content (AvgIpc) is 2.84. The van der Waals surface area contributed by atoms with E-state index in [9.17, 15) is 22.8 Å². The predicted octanol–water partition coefficient (Wildman–Crippen LogP) is 5.38. The molecule has 0 unspecified atom stereocenters. The van der Waals surface area contributed by atoms with Crippen LogP contribution < -0.4 is 5.32 Å². The van der Waals surface area contributed by atoms with Gasteiger partial charge in [0.2, 0.25) is 5.91 Å². The lowest BCUT2D eigenvalue weighted by Crippen LogP contribution is -2.49. The quantitative estimate of drug-likeness (QED) is 0.557. The lowest BCUT2D eigenvalue weighted by molar-refractivity contribution is -0.134. The largest absolute Gasteiger partial charge is 0.338 e. The molecule has 2 aromatic carbocycles. The fourth-order valence-electron chi connectivity index (χ4n) is 5.21. The Labute approximate surface area is 204 Å². The van der Waals surface area contributed by atoms with E-state index >= 15 is 0 Å². The Balaban J connectivity index is 1.26. The first-order valence-corrected chi connectivity index (χ1v) is 12.3. The number of likely N-dealkylation sites (tertiary alicyclic amines) is 2. The fourth-order valence-corrected chi connectivity index (χ4v) is 5.21. The van der Waals surface area contributed by atoms with Crippen molar-refractivity contribution in [3.63, 3.8) is 0 Å². The highest BCUT2D eigenvalue weighted by atomic mass is 19.2. The van der Waals surface area contributed by atoms with Crippen molar-refractivity contribution in [2.24, 2.45) is 5.92 Å². The van der Waals surface area contributed by atoms with Crippen molar-refractivity contribution in [3.8, 4) is 0 Å². The van der Waals surface area contributed by atoms with Crippen LogP contribution in [0.25, 0.3) is 0 Å². The third kappa shape index (κ3) is 6.23. The Morgan fingerprint density at radius 1 is 1.00 bits per heavy atom. The molecule has 35 heavy (non-hydrogen) atoms. The molecule has 0 aliphatic carbocycles. The monoisotopic (exact) mass is 487 g/mol. The van der Waals surface area contributed by atoms with Crippen LogP contribution in [-0.2, 0) is 4.79 Å². The van der Waals surface area contributed by atoms with E-state index in [2.05, 4.69) is 10.2 Å². The summed E-state index contributed by atoms with van der Waals surface area (Å²) < 4.78 is 40.4. The number of halogens is 3. The van der Waals surface area contributed by atoms with Crippen LogP contribution in [0, 0.1) is 23.4 Å². The molecule has 2 aliphatic rings. The van der Waals surface area contributed by atoms with Gasteiger partial charge in [-0.1, -0.05) is 25.1 Å². The highest BCUT2D eigenvalue weighted by Crippen LogP contribution is 2.35. The molecule has 188 valence electrons. The van der Waals surface area contributed by atoms with Crippen molar-refractivity contribution in [2.75, 3.05) is 26.2 Å².